The fourth-order valence-corrected chi connectivity index (χ4v) is 5.52. The molecule has 0 fully saturated rings. The van der Waals surface area contributed by atoms with Crippen molar-refractivity contribution in [3.8, 4) is 22.4 Å². The molecule has 0 radical (unpaired) electrons. The van der Waals surface area contributed by atoms with Crippen LogP contribution in [0.5, 0.6) is 0 Å². The number of nitrogens with one attached hydrogen (secondary N) is 1. The molecule has 0 bridgehead atoms. The molecular weight excluding hydrogens is 437 g/mol. The van der Waals surface area contributed by atoms with Crippen molar-refractivity contribution < 1.29 is 9.18 Å². The smallest absolute Gasteiger partial charge is 0.246 e. The van der Waals surface area contributed by atoms with Gasteiger partial charge in [0.05, 0.1) is 18.8 Å². The summed E-state index contributed by atoms with van der Waals surface area (Å²) in [5, 5.41) is 6.69. The van der Waals surface area contributed by atoms with Crippen LogP contribution in [-0.2, 0) is 17.9 Å². The number of hydrogen-bond donors (Lipinski definition) is 1. The Morgan fingerprint density at radius 1 is 1.27 bits per heavy atom. The minimum Gasteiger partial charge on any atom is -0.346 e. The van der Waals surface area contributed by atoms with E-state index in [0.29, 0.717) is 19.6 Å². The number of thiophene rings is 1. The monoisotopic (exact) mass is 457 g/mol. The van der Waals surface area contributed by atoms with Gasteiger partial charge < -0.3 is 9.88 Å². The first-order valence-electron chi connectivity index (χ1n) is 10.7. The number of aryl methyl sites for hydroxylation is 1. The summed E-state index contributed by atoms with van der Waals surface area (Å²) in [5.74, 6) is -0.0943. The molecule has 5 heterocycles. The van der Waals surface area contributed by atoms with E-state index >= 15 is 0 Å². The van der Waals surface area contributed by atoms with Crippen molar-refractivity contribution in [2.75, 3.05) is 6.54 Å². The Bertz CT molecular complexity index is 1580. The Labute approximate surface area is 193 Å². The van der Waals surface area contributed by atoms with E-state index in [4.69, 9.17) is 5.10 Å². The fraction of sp³-hybridized carbons (Fsp3) is 0.160. The minimum atomic E-state index is -0.205. The van der Waals surface area contributed by atoms with Crippen molar-refractivity contribution in [3.63, 3.8) is 0 Å². The number of carbonyl (C=O) groups is 1. The molecule has 0 aliphatic carbocycles. The van der Waals surface area contributed by atoms with Gasteiger partial charge in [0.1, 0.15) is 11.3 Å². The number of aromatic nitrogens is 4. The summed E-state index contributed by atoms with van der Waals surface area (Å²) in [6.45, 7) is 7.30. The third kappa shape index (κ3) is 3.09. The van der Waals surface area contributed by atoms with Gasteiger partial charge >= 0.3 is 0 Å². The number of H-pyrrole nitrogens is 1. The van der Waals surface area contributed by atoms with E-state index in [1.807, 2.05) is 42.1 Å². The largest absolute Gasteiger partial charge is 0.346 e. The molecule has 33 heavy (non-hydrogen) atoms. The average molecular weight is 458 g/mol. The summed E-state index contributed by atoms with van der Waals surface area (Å²) in [5.41, 5.74) is 6.59. The van der Waals surface area contributed by atoms with Gasteiger partial charge in [0.25, 0.3) is 0 Å². The van der Waals surface area contributed by atoms with Crippen molar-refractivity contribution in [2.45, 2.75) is 20.0 Å². The summed E-state index contributed by atoms with van der Waals surface area (Å²) in [6.07, 6.45) is 5.09. The van der Waals surface area contributed by atoms with Crippen LogP contribution in [0.2, 0.25) is 0 Å². The summed E-state index contributed by atoms with van der Waals surface area (Å²) < 4.78 is 16.7. The van der Waals surface area contributed by atoms with Gasteiger partial charge in [0.2, 0.25) is 5.91 Å². The van der Waals surface area contributed by atoms with Crippen LogP contribution < -0.4 is 0 Å². The highest BCUT2D eigenvalue weighted by Gasteiger charge is 2.28. The second-order valence-corrected chi connectivity index (χ2v) is 9.25. The Kier molecular flexibility index (Phi) is 4.45. The number of nitrogens with zero attached hydrogens (tertiary/aromatic N) is 4. The molecule has 4 aromatic heterocycles. The molecule has 0 saturated heterocycles. The van der Waals surface area contributed by atoms with Crippen LogP contribution in [0, 0.1) is 12.1 Å². The molecular formula is C25H20FN5OS. The lowest BCUT2D eigenvalue weighted by molar-refractivity contribution is -0.127. The molecule has 1 aromatic carbocycles. The maximum absolute atomic E-state index is 13.9. The molecule has 0 saturated carbocycles. The van der Waals surface area contributed by atoms with E-state index in [1.54, 1.807) is 17.2 Å². The zero-order valence-electron chi connectivity index (χ0n) is 17.9. The molecule has 0 unspecified atom stereocenters. The SMILES string of the molecule is C=CC(=O)N1CCn2nc(-c3ccc4cc(F)sc4c3)c(-c3ccnc4[nH]cc(C)c34)c2C1. The zero-order chi connectivity index (χ0) is 22.7. The first-order chi connectivity index (χ1) is 16.0. The van der Waals surface area contributed by atoms with Gasteiger partial charge in [-0.15, -0.1) is 11.3 Å². The molecule has 6 rings (SSSR count). The van der Waals surface area contributed by atoms with Crippen LogP contribution in [0.1, 0.15) is 11.3 Å². The van der Waals surface area contributed by atoms with Crippen LogP contribution in [0.15, 0.2) is 55.4 Å². The molecule has 8 heteroatoms. The number of rotatable bonds is 3. The van der Waals surface area contributed by atoms with Crippen molar-refractivity contribution in [1.29, 1.82) is 0 Å². The number of aromatic amines is 1. The normalized spacial score (nSPS) is 13.6. The quantitative estimate of drug-likeness (QED) is 0.375. The number of benzene rings is 1. The summed E-state index contributed by atoms with van der Waals surface area (Å²) in [7, 11) is 0. The first-order valence-corrected chi connectivity index (χ1v) is 11.5. The standard InChI is InChI=1S/C25H20FN5OS/c1-3-21(32)30-8-9-31-18(13-30)23(17-6-7-27-25-22(17)14(2)12-28-25)24(29-31)16-5-4-15-11-20(26)33-19(15)10-16/h3-7,10-12H,1,8-9,13H2,2H3,(H,27,28). The van der Waals surface area contributed by atoms with Crippen LogP contribution in [0.25, 0.3) is 43.5 Å². The van der Waals surface area contributed by atoms with Gasteiger partial charge in [-0.3, -0.25) is 9.48 Å². The van der Waals surface area contributed by atoms with Gasteiger partial charge in [0.15, 0.2) is 5.13 Å². The second kappa shape index (κ2) is 7.38. The summed E-state index contributed by atoms with van der Waals surface area (Å²) in [4.78, 5) is 21.9. The van der Waals surface area contributed by atoms with Crippen LogP contribution in [-0.4, -0.2) is 37.1 Å². The molecule has 6 nitrogen and oxygen atoms in total. The number of fused-ring (bicyclic) bond motifs is 3. The lowest BCUT2D eigenvalue weighted by Gasteiger charge is -2.27. The van der Waals surface area contributed by atoms with Gasteiger partial charge in [-0.05, 0) is 47.7 Å². The molecule has 5 aromatic rings. The van der Waals surface area contributed by atoms with E-state index in [2.05, 4.69) is 16.5 Å². The predicted octanol–water partition coefficient (Wildman–Crippen LogP) is 5.28. The molecule has 164 valence electrons. The van der Waals surface area contributed by atoms with Crippen LogP contribution in [0.4, 0.5) is 4.39 Å². The van der Waals surface area contributed by atoms with Gasteiger partial charge in [-0.2, -0.15) is 9.49 Å². The summed E-state index contributed by atoms with van der Waals surface area (Å²) in [6, 6.07) is 9.47. The number of halogens is 1. The van der Waals surface area contributed by atoms with Crippen LogP contribution >= 0.6 is 11.3 Å². The molecule has 0 atom stereocenters. The second-order valence-electron chi connectivity index (χ2n) is 8.21. The Hall–Kier alpha value is -3.78. The van der Waals surface area contributed by atoms with Gasteiger partial charge in [0, 0.05) is 40.2 Å². The zero-order valence-corrected chi connectivity index (χ0v) is 18.7. The van der Waals surface area contributed by atoms with Crippen molar-refractivity contribution >= 4 is 38.4 Å². The van der Waals surface area contributed by atoms with E-state index in [9.17, 15) is 9.18 Å². The molecule has 0 spiro atoms. The van der Waals surface area contributed by atoms with E-state index in [1.165, 1.54) is 6.08 Å². The van der Waals surface area contributed by atoms with E-state index in [0.717, 1.165) is 66.1 Å². The highest BCUT2D eigenvalue weighted by atomic mass is 32.1. The maximum Gasteiger partial charge on any atom is 0.246 e. The number of pyridine rings is 1. The predicted molar refractivity (Wildman–Crippen MR) is 128 cm³/mol. The Morgan fingerprint density at radius 3 is 3.00 bits per heavy atom. The van der Waals surface area contributed by atoms with E-state index < -0.39 is 0 Å². The topological polar surface area (TPSA) is 66.8 Å². The third-order valence-corrected chi connectivity index (χ3v) is 7.16. The van der Waals surface area contributed by atoms with Crippen molar-refractivity contribution in [2.24, 2.45) is 0 Å². The molecule has 1 N–H and O–H groups in total. The minimum absolute atomic E-state index is 0.0943. The molecule has 1 aliphatic heterocycles. The summed E-state index contributed by atoms with van der Waals surface area (Å²) >= 11 is 1.13. The van der Waals surface area contributed by atoms with E-state index in [-0.39, 0.29) is 11.0 Å². The number of amides is 1. The maximum atomic E-state index is 13.9. The number of hydrogen-bond acceptors (Lipinski definition) is 4. The third-order valence-electron chi connectivity index (χ3n) is 6.27. The van der Waals surface area contributed by atoms with Gasteiger partial charge in [-0.25, -0.2) is 4.98 Å². The highest BCUT2D eigenvalue weighted by molar-refractivity contribution is 7.17. The van der Waals surface area contributed by atoms with Crippen LogP contribution in [0.3, 0.4) is 0 Å². The molecule has 1 amide bonds. The highest BCUT2D eigenvalue weighted by Crippen LogP contribution is 2.41. The Morgan fingerprint density at radius 2 is 2.15 bits per heavy atom. The van der Waals surface area contributed by atoms with Gasteiger partial charge in [-0.1, -0.05) is 18.7 Å². The van der Waals surface area contributed by atoms with Crippen molar-refractivity contribution in [3.05, 3.63) is 71.8 Å². The fourth-order valence-electron chi connectivity index (χ4n) is 4.69. The van der Waals surface area contributed by atoms with Crippen molar-refractivity contribution in [1.82, 2.24) is 24.6 Å². The lowest BCUT2D eigenvalue weighted by atomic mass is 9.95. The number of carbonyl (C=O) groups excluding carboxylic acids is 1. The average Bonchev–Trinajstić information content (AvgIpc) is 3.51. The lowest BCUT2D eigenvalue weighted by Crippen LogP contribution is -2.37. The molecule has 1 aliphatic rings. The Balaban J connectivity index is 1.63. The first kappa shape index (κ1) is 19.9.